The summed E-state index contributed by atoms with van der Waals surface area (Å²) in [7, 11) is 1.69. The molecule has 1 aliphatic rings. The number of guanidine groups is 1. The minimum absolute atomic E-state index is 0.108. The van der Waals surface area contributed by atoms with Gasteiger partial charge in [-0.2, -0.15) is 0 Å². The third kappa shape index (κ3) is 2.28. The summed E-state index contributed by atoms with van der Waals surface area (Å²) in [6.45, 7) is 8.13. The lowest BCUT2D eigenvalue weighted by atomic mass is 9.87. The van der Waals surface area contributed by atoms with E-state index in [-0.39, 0.29) is 5.41 Å². The maximum atomic E-state index is 5.88. The van der Waals surface area contributed by atoms with Crippen LogP contribution < -0.4 is 15.4 Å². The second kappa shape index (κ2) is 4.52. The Labute approximate surface area is 108 Å². The fourth-order valence-electron chi connectivity index (χ4n) is 2.08. The van der Waals surface area contributed by atoms with E-state index in [1.807, 2.05) is 4.90 Å². The van der Waals surface area contributed by atoms with E-state index in [9.17, 15) is 0 Å². The van der Waals surface area contributed by atoms with Gasteiger partial charge in [0.2, 0.25) is 0 Å². The van der Waals surface area contributed by atoms with Crippen LogP contribution in [-0.4, -0.2) is 26.2 Å². The molecule has 0 spiro atoms. The van der Waals surface area contributed by atoms with E-state index in [1.165, 1.54) is 5.56 Å². The molecule has 0 aromatic heterocycles. The summed E-state index contributed by atoms with van der Waals surface area (Å²) in [5.41, 5.74) is 8.22. The van der Waals surface area contributed by atoms with E-state index in [0.29, 0.717) is 5.96 Å². The smallest absolute Gasteiger partial charge is 0.196 e. The molecule has 1 heterocycles. The maximum Gasteiger partial charge on any atom is 0.196 e. The van der Waals surface area contributed by atoms with Crippen LogP contribution in [0.5, 0.6) is 5.75 Å². The van der Waals surface area contributed by atoms with Gasteiger partial charge in [-0.25, -0.2) is 0 Å². The van der Waals surface area contributed by atoms with Crippen LogP contribution in [0.3, 0.4) is 0 Å². The average molecular weight is 247 g/mol. The molecule has 0 fully saturated rings. The Balaban J connectivity index is 2.41. The molecule has 0 saturated heterocycles. The van der Waals surface area contributed by atoms with Gasteiger partial charge in [-0.3, -0.25) is 4.99 Å². The van der Waals surface area contributed by atoms with Crippen molar-refractivity contribution >= 4 is 11.6 Å². The van der Waals surface area contributed by atoms with E-state index in [4.69, 9.17) is 10.5 Å². The van der Waals surface area contributed by atoms with Crippen molar-refractivity contribution in [1.82, 2.24) is 0 Å². The lowest BCUT2D eigenvalue weighted by Gasteiger charge is -2.24. The van der Waals surface area contributed by atoms with E-state index < -0.39 is 0 Å². The topological polar surface area (TPSA) is 50.8 Å². The van der Waals surface area contributed by atoms with Gasteiger partial charge < -0.3 is 15.4 Å². The molecule has 4 nitrogen and oxygen atoms in total. The largest absolute Gasteiger partial charge is 0.495 e. The monoisotopic (exact) mass is 247 g/mol. The number of aliphatic imine (C=N–C) groups is 1. The predicted octanol–water partition coefficient (Wildman–Crippen LogP) is 2.13. The minimum Gasteiger partial charge on any atom is -0.495 e. The highest BCUT2D eigenvalue weighted by Crippen LogP contribution is 2.34. The van der Waals surface area contributed by atoms with Crippen molar-refractivity contribution in [3.05, 3.63) is 23.8 Å². The Morgan fingerprint density at radius 2 is 2.06 bits per heavy atom. The fourth-order valence-corrected chi connectivity index (χ4v) is 2.08. The molecule has 0 bridgehead atoms. The summed E-state index contributed by atoms with van der Waals surface area (Å²) in [5.74, 6) is 1.42. The molecule has 0 saturated carbocycles. The highest BCUT2D eigenvalue weighted by molar-refractivity contribution is 5.97. The second-order valence-corrected chi connectivity index (χ2v) is 5.53. The zero-order chi connectivity index (χ0) is 13.3. The van der Waals surface area contributed by atoms with Crippen LogP contribution in [0.2, 0.25) is 0 Å². The van der Waals surface area contributed by atoms with Gasteiger partial charge in [0.05, 0.1) is 19.3 Å². The van der Waals surface area contributed by atoms with Crippen LogP contribution in [0.25, 0.3) is 0 Å². The molecule has 0 radical (unpaired) electrons. The lowest BCUT2D eigenvalue weighted by molar-refractivity contribution is 0.413. The van der Waals surface area contributed by atoms with Crippen molar-refractivity contribution in [2.45, 2.75) is 26.2 Å². The molecule has 1 aliphatic heterocycles. The normalized spacial score (nSPS) is 15.8. The molecule has 4 heteroatoms. The average Bonchev–Trinajstić information content (AvgIpc) is 2.73. The van der Waals surface area contributed by atoms with Gasteiger partial charge in [0.15, 0.2) is 5.96 Å². The number of nitrogens with zero attached hydrogens (tertiary/aromatic N) is 2. The third-order valence-electron chi connectivity index (χ3n) is 3.21. The Kier molecular flexibility index (Phi) is 3.20. The van der Waals surface area contributed by atoms with E-state index in [0.717, 1.165) is 24.5 Å². The van der Waals surface area contributed by atoms with Gasteiger partial charge >= 0.3 is 0 Å². The minimum atomic E-state index is 0.108. The molecule has 0 amide bonds. The Hall–Kier alpha value is -1.71. The molecule has 1 aromatic rings. The molecule has 2 N–H and O–H groups in total. The number of methoxy groups -OCH3 is 1. The van der Waals surface area contributed by atoms with Crippen LogP contribution >= 0.6 is 0 Å². The molecular formula is C14H21N3O. The SMILES string of the molecule is COc1cc(C(C)(C)C)ccc1N1CCN=C1N. The highest BCUT2D eigenvalue weighted by Gasteiger charge is 2.22. The molecular weight excluding hydrogens is 226 g/mol. The van der Waals surface area contributed by atoms with Crippen molar-refractivity contribution in [3.8, 4) is 5.75 Å². The van der Waals surface area contributed by atoms with Gasteiger partial charge in [-0.05, 0) is 23.1 Å². The molecule has 0 aliphatic carbocycles. The van der Waals surface area contributed by atoms with Crippen molar-refractivity contribution in [3.63, 3.8) is 0 Å². The van der Waals surface area contributed by atoms with E-state index >= 15 is 0 Å². The standard InChI is InChI=1S/C14H21N3O/c1-14(2,3)10-5-6-11(12(9-10)18-4)17-8-7-16-13(17)15/h5-6,9H,7-8H2,1-4H3,(H2,15,16). The summed E-state index contributed by atoms with van der Waals surface area (Å²) in [5, 5.41) is 0. The first-order valence-corrected chi connectivity index (χ1v) is 6.19. The first kappa shape index (κ1) is 12.7. The van der Waals surface area contributed by atoms with Crippen molar-refractivity contribution < 1.29 is 4.74 Å². The number of hydrogen-bond acceptors (Lipinski definition) is 4. The first-order chi connectivity index (χ1) is 8.43. The predicted molar refractivity (Wildman–Crippen MR) is 75.5 cm³/mol. The number of benzene rings is 1. The van der Waals surface area contributed by atoms with Crippen molar-refractivity contribution in [2.24, 2.45) is 10.7 Å². The van der Waals surface area contributed by atoms with Gasteiger partial charge in [0.1, 0.15) is 5.75 Å². The second-order valence-electron chi connectivity index (χ2n) is 5.53. The van der Waals surface area contributed by atoms with Crippen LogP contribution in [0.15, 0.2) is 23.2 Å². The maximum absolute atomic E-state index is 5.88. The molecule has 2 rings (SSSR count). The first-order valence-electron chi connectivity index (χ1n) is 6.19. The zero-order valence-electron chi connectivity index (χ0n) is 11.5. The van der Waals surface area contributed by atoms with Crippen molar-refractivity contribution in [1.29, 1.82) is 0 Å². The number of rotatable bonds is 2. The molecule has 1 aromatic carbocycles. The summed E-state index contributed by atoms with van der Waals surface area (Å²) >= 11 is 0. The summed E-state index contributed by atoms with van der Waals surface area (Å²) in [6.07, 6.45) is 0. The third-order valence-corrected chi connectivity index (χ3v) is 3.21. The van der Waals surface area contributed by atoms with Crippen LogP contribution in [0.4, 0.5) is 5.69 Å². The Morgan fingerprint density at radius 1 is 1.33 bits per heavy atom. The molecule has 98 valence electrons. The highest BCUT2D eigenvalue weighted by atomic mass is 16.5. The number of nitrogens with two attached hydrogens (primary N) is 1. The van der Waals surface area contributed by atoms with E-state index in [2.05, 4.69) is 44.0 Å². The molecule has 0 unspecified atom stereocenters. The Morgan fingerprint density at radius 3 is 2.56 bits per heavy atom. The van der Waals surface area contributed by atoms with Gasteiger partial charge in [0.25, 0.3) is 0 Å². The number of anilines is 1. The summed E-state index contributed by atoms with van der Waals surface area (Å²) < 4.78 is 5.49. The molecule has 0 atom stereocenters. The summed E-state index contributed by atoms with van der Waals surface area (Å²) in [4.78, 5) is 6.20. The van der Waals surface area contributed by atoms with Gasteiger partial charge in [0, 0.05) is 6.54 Å². The Bertz CT molecular complexity index is 474. The van der Waals surface area contributed by atoms with Crippen LogP contribution in [0.1, 0.15) is 26.3 Å². The number of hydrogen-bond donors (Lipinski definition) is 1. The van der Waals surface area contributed by atoms with Gasteiger partial charge in [-0.15, -0.1) is 0 Å². The molecule has 18 heavy (non-hydrogen) atoms. The fraction of sp³-hybridized carbons (Fsp3) is 0.500. The number of ether oxygens (including phenoxy) is 1. The van der Waals surface area contributed by atoms with Crippen LogP contribution in [-0.2, 0) is 5.41 Å². The lowest BCUT2D eigenvalue weighted by Crippen LogP contribution is -2.34. The van der Waals surface area contributed by atoms with E-state index in [1.54, 1.807) is 7.11 Å². The van der Waals surface area contributed by atoms with Crippen LogP contribution in [0, 0.1) is 0 Å². The van der Waals surface area contributed by atoms with Gasteiger partial charge in [-0.1, -0.05) is 26.8 Å². The summed E-state index contributed by atoms with van der Waals surface area (Å²) in [6, 6.07) is 6.28. The quantitative estimate of drug-likeness (QED) is 0.871. The van der Waals surface area contributed by atoms with Crippen molar-refractivity contribution in [2.75, 3.05) is 25.1 Å². The zero-order valence-corrected chi connectivity index (χ0v) is 11.5.